The predicted molar refractivity (Wildman–Crippen MR) is 147 cm³/mol. The van der Waals surface area contributed by atoms with Gasteiger partial charge in [0, 0.05) is 17.8 Å². The van der Waals surface area contributed by atoms with E-state index in [0.29, 0.717) is 12.1 Å². The zero-order valence-corrected chi connectivity index (χ0v) is 23.9. The van der Waals surface area contributed by atoms with Crippen molar-refractivity contribution in [3.63, 3.8) is 0 Å². The molecule has 1 atom stereocenters. The highest BCUT2D eigenvalue weighted by Gasteiger charge is 2.37. The first-order chi connectivity index (χ1) is 20.4. The SMILES string of the molecule is CC(C)(CO)C(=O)NC=C=CC1CN(S(=O)(=O)c2cccc(C(F)(F)F)c2)c2cc(-c3cccc(C(F)(F)F)n3)ccc2O1. The van der Waals surface area contributed by atoms with E-state index in [4.69, 9.17) is 4.74 Å². The molecule has 234 valence electrons. The van der Waals surface area contributed by atoms with Crippen LogP contribution < -0.4 is 14.4 Å². The Morgan fingerprint density at radius 1 is 1.07 bits per heavy atom. The van der Waals surface area contributed by atoms with Crippen LogP contribution in [-0.2, 0) is 27.2 Å². The van der Waals surface area contributed by atoms with Gasteiger partial charge in [-0.2, -0.15) is 26.3 Å². The van der Waals surface area contributed by atoms with Gasteiger partial charge in [-0.15, -0.1) is 5.73 Å². The van der Waals surface area contributed by atoms with E-state index in [1.54, 1.807) is 0 Å². The minimum absolute atomic E-state index is 0.0453. The normalized spacial score (nSPS) is 15.5. The summed E-state index contributed by atoms with van der Waals surface area (Å²) in [6, 6.07) is 10.2. The van der Waals surface area contributed by atoms with E-state index < -0.39 is 69.1 Å². The van der Waals surface area contributed by atoms with E-state index in [0.717, 1.165) is 34.8 Å². The molecule has 0 spiro atoms. The third kappa shape index (κ3) is 7.07. The lowest BCUT2D eigenvalue weighted by molar-refractivity contribution is -0.141. The molecular formula is C29H25F6N3O5S. The molecule has 0 saturated carbocycles. The molecule has 0 saturated heterocycles. The highest BCUT2D eigenvalue weighted by atomic mass is 32.2. The van der Waals surface area contributed by atoms with Crippen LogP contribution in [0.15, 0.2) is 83.6 Å². The van der Waals surface area contributed by atoms with Gasteiger partial charge in [0.15, 0.2) is 0 Å². The number of benzene rings is 2. The number of sulfonamides is 1. The standard InChI is InChI=1S/C29H25F6N3O5S/c1-27(2,17-39)26(40)36-13-5-7-20-16-38(44(41,42)21-8-3-6-19(15-21)28(30,31)32)23-14-18(11-12-24(23)43-20)22-9-4-10-25(37-22)29(33,34)35/h3-4,6-15,20,39H,16-17H2,1-2H3,(H,36,40). The van der Waals surface area contributed by atoms with E-state index in [1.165, 1.54) is 44.2 Å². The predicted octanol–water partition coefficient (Wildman–Crippen LogP) is 5.55. The lowest BCUT2D eigenvalue weighted by atomic mass is 9.94. The number of alkyl halides is 6. The smallest absolute Gasteiger partial charge is 0.433 e. The summed E-state index contributed by atoms with van der Waals surface area (Å²) >= 11 is 0. The van der Waals surface area contributed by atoms with Crippen molar-refractivity contribution in [3.05, 3.63) is 89.9 Å². The van der Waals surface area contributed by atoms with E-state index >= 15 is 0 Å². The number of nitrogens with one attached hydrogen (secondary N) is 1. The van der Waals surface area contributed by atoms with Crippen molar-refractivity contribution in [1.82, 2.24) is 10.3 Å². The van der Waals surface area contributed by atoms with Gasteiger partial charge in [0.1, 0.15) is 17.5 Å². The second kappa shape index (κ2) is 12.0. The van der Waals surface area contributed by atoms with Crippen molar-refractivity contribution in [2.24, 2.45) is 5.41 Å². The molecule has 0 aliphatic carbocycles. The second-order valence-electron chi connectivity index (χ2n) is 10.3. The van der Waals surface area contributed by atoms with Crippen LogP contribution in [0.5, 0.6) is 5.75 Å². The van der Waals surface area contributed by atoms with Crippen LogP contribution in [-0.4, -0.2) is 43.7 Å². The largest absolute Gasteiger partial charge is 0.482 e. The highest BCUT2D eigenvalue weighted by Crippen LogP contribution is 2.41. The second-order valence-corrected chi connectivity index (χ2v) is 12.2. The van der Waals surface area contributed by atoms with Gasteiger partial charge in [-0.1, -0.05) is 12.1 Å². The Hall–Kier alpha value is -4.33. The fourth-order valence-electron chi connectivity index (χ4n) is 3.99. The molecule has 2 aromatic carbocycles. The number of ether oxygens (including phenoxy) is 1. The Kier molecular flexibility index (Phi) is 8.87. The number of aromatic nitrogens is 1. The number of rotatable bonds is 7. The first-order valence-corrected chi connectivity index (χ1v) is 14.3. The van der Waals surface area contributed by atoms with Crippen LogP contribution in [0.25, 0.3) is 11.3 Å². The third-order valence-electron chi connectivity index (χ3n) is 6.52. The number of hydrogen-bond donors (Lipinski definition) is 2. The molecule has 3 aromatic rings. The van der Waals surface area contributed by atoms with Gasteiger partial charge in [0.05, 0.1) is 40.4 Å². The molecule has 2 heterocycles. The first-order valence-electron chi connectivity index (χ1n) is 12.8. The van der Waals surface area contributed by atoms with Crippen LogP contribution in [0.2, 0.25) is 0 Å². The molecular weight excluding hydrogens is 616 g/mol. The molecule has 44 heavy (non-hydrogen) atoms. The van der Waals surface area contributed by atoms with Gasteiger partial charge in [0.25, 0.3) is 10.0 Å². The molecule has 2 N–H and O–H groups in total. The summed E-state index contributed by atoms with van der Waals surface area (Å²) in [7, 11) is -4.69. The summed E-state index contributed by atoms with van der Waals surface area (Å²) in [5, 5.41) is 11.7. The van der Waals surface area contributed by atoms with Gasteiger partial charge >= 0.3 is 12.4 Å². The Labute approximate surface area is 248 Å². The number of hydrogen-bond acceptors (Lipinski definition) is 6. The van der Waals surface area contributed by atoms with Crippen LogP contribution in [0.1, 0.15) is 25.1 Å². The van der Waals surface area contributed by atoms with E-state index in [1.807, 2.05) is 0 Å². The number of amides is 1. The molecule has 0 radical (unpaired) electrons. The van der Waals surface area contributed by atoms with Crippen molar-refractivity contribution < 1.29 is 49.4 Å². The average molecular weight is 642 g/mol. The molecule has 1 amide bonds. The summed E-state index contributed by atoms with van der Waals surface area (Å²) < 4.78 is 114. The number of aliphatic hydroxyl groups excluding tert-OH is 1. The lowest BCUT2D eigenvalue weighted by Gasteiger charge is -2.34. The van der Waals surface area contributed by atoms with Gasteiger partial charge in [-0.25, -0.2) is 13.4 Å². The summed E-state index contributed by atoms with van der Waals surface area (Å²) in [6.07, 6.45) is -8.24. The molecule has 1 aliphatic heterocycles. The molecule has 0 fully saturated rings. The quantitative estimate of drug-likeness (QED) is 0.259. The van der Waals surface area contributed by atoms with Crippen molar-refractivity contribution in [2.75, 3.05) is 17.5 Å². The molecule has 8 nitrogen and oxygen atoms in total. The first kappa shape index (κ1) is 32.6. The van der Waals surface area contributed by atoms with E-state index in [9.17, 15) is 44.7 Å². The van der Waals surface area contributed by atoms with Crippen molar-refractivity contribution in [2.45, 2.75) is 37.2 Å². The Morgan fingerprint density at radius 3 is 2.43 bits per heavy atom. The maximum absolute atomic E-state index is 13.8. The minimum Gasteiger partial charge on any atom is -0.482 e. The van der Waals surface area contributed by atoms with Gasteiger partial charge in [0.2, 0.25) is 5.91 Å². The number of nitrogens with zero attached hydrogens (tertiary/aromatic N) is 2. The lowest BCUT2D eigenvalue weighted by Crippen LogP contribution is -2.42. The molecule has 4 rings (SSSR count). The van der Waals surface area contributed by atoms with E-state index in [-0.39, 0.29) is 22.7 Å². The number of fused-ring (bicyclic) bond motifs is 1. The van der Waals surface area contributed by atoms with Gasteiger partial charge in [-0.05, 0) is 62.4 Å². The molecule has 0 bridgehead atoms. The van der Waals surface area contributed by atoms with Gasteiger partial charge < -0.3 is 15.2 Å². The summed E-state index contributed by atoms with van der Waals surface area (Å²) in [5.74, 6) is -0.573. The number of anilines is 1. The van der Waals surface area contributed by atoms with Crippen LogP contribution in [0.4, 0.5) is 32.0 Å². The maximum atomic E-state index is 13.8. The molecule has 15 heteroatoms. The van der Waals surface area contributed by atoms with Gasteiger partial charge in [-0.3, -0.25) is 9.10 Å². The van der Waals surface area contributed by atoms with Crippen molar-refractivity contribution in [3.8, 4) is 17.0 Å². The zero-order chi connectivity index (χ0) is 32.5. The fraction of sp³-hybridized carbons (Fsp3) is 0.276. The number of carbonyl (C=O) groups excluding carboxylic acids is 1. The number of halogens is 6. The van der Waals surface area contributed by atoms with Crippen LogP contribution in [0.3, 0.4) is 0 Å². The number of aliphatic hydroxyl groups is 1. The maximum Gasteiger partial charge on any atom is 0.433 e. The zero-order valence-electron chi connectivity index (χ0n) is 23.1. The highest BCUT2D eigenvalue weighted by molar-refractivity contribution is 7.92. The summed E-state index contributed by atoms with van der Waals surface area (Å²) in [5.41, 5.74) is -1.03. The summed E-state index contributed by atoms with van der Waals surface area (Å²) in [4.78, 5) is 15.1. The van der Waals surface area contributed by atoms with Crippen molar-refractivity contribution in [1.29, 1.82) is 0 Å². The topological polar surface area (TPSA) is 109 Å². The number of carbonyl (C=O) groups is 1. The molecule has 1 aliphatic rings. The average Bonchev–Trinajstić information content (AvgIpc) is 2.97. The van der Waals surface area contributed by atoms with Crippen molar-refractivity contribution >= 4 is 21.6 Å². The Bertz CT molecular complexity index is 1730. The molecule has 1 unspecified atom stereocenters. The fourth-order valence-corrected chi connectivity index (χ4v) is 5.52. The van der Waals surface area contributed by atoms with Crippen LogP contribution >= 0.6 is 0 Å². The Balaban J connectivity index is 1.77. The monoisotopic (exact) mass is 641 g/mol. The van der Waals surface area contributed by atoms with E-state index in [2.05, 4.69) is 16.0 Å². The number of pyridine rings is 1. The molecule has 1 aromatic heterocycles. The van der Waals surface area contributed by atoms with Crippen LogP contribution in [0, 0.1) is 5.41 Å². The summed E-state index contributed by atoms with van der Waals surface area (Å²) in [6.45, 7) is 2.10. The Morgan fingerprint density at radius 2 is 1.77 bits per heavy atom. The third-order valence-corrected chi connectivity index (χ3v) is 8.29. The minimum atomic E-state index is -4.83.